The number of nitrogens with one attached hydrogen (secondary N) is 2. The van der Waals surface area contributed by atoms with Crippen LogP contribution in [-0.4, -0.2) is 48.5 Å². The lowest BCUT2D eigenvalue weighted by atomic mass is 9.82. The fraction of sp³-hybridized carbons (Fsp3) is 0.609. The summed E-state index contributed by atoms with van der Waals surface area (Å²) in [4.78, 5) is 38.5. The van der Waals surface area contributed by atoms with Crippen molar-refractivity contribution in [3.63, 3.8) is 0 Å². The Morgan fingerprint density at radius 2 is 1.94 bits per heavy atom. The minimum absolute atomic E-state index is 0.260. The molecule has 2 N–H and O–H groups in total. The number of carbonyl (C=O) groups is 3. The van der Waals surface area contributed by atoms with Crippen LogP contribution in [0.15, 0.2) is 18.2 Å². The van der Waals surface area contributed by atoms with E-state index in [1.165, 1.54) is 0 Å². The lowest BCUT2D eigenvalue weighted by molar-refractivity contribution is -0.135. The Kier molecular flexibility index (Phi) is 7.41. The zero-order chi connectivity index (χ0) is 22.4. The highest BCUT2D eigenvalue weighted by molar-refractivity contribution is 6.09. The van der Waals surface area contributed by atoms with Crippen LogP contribution in [0.25, 0.3) is 0 Å². The molecule has 170 valence electrons. The molecule has 0 atom stereocenters. The molecule has 3 rings (SSSR count). The van der Waals surface area contributed by atoms with Gasteiger partial charge in [0.2, 0.25) is 5.91 Å². The molecule has 1 saturated heterocycles. The molecule has 0 bridgehead atoms. The number of urea groups is 1. The average Bonchev–Trinajstić information content (AvgIpc) is 2.97. The predicted octanol–water partition coefficient (Wildman–Crippen LogP) is 2.99. The lowest BCUT2D eigenvalue weighted by Crippen LogP contribution is -2.49. The predicted molar refractivity (Wildman–Crippen MR) is 116 cm³/mol. The van der Waals surface area contributed by atoms with Crippen molar-refractivity contribution in [3.05, 3.63) is 23.8 Å². The van der Waals surface area contributed by atoms with Crippen molar-refractivity contribution in [1.29, 1.82) is 0 Å². The van der Waals surface area contributed by atoms with Gasteiger partial charge in [-0.25, -0.2) is 4.79 Å². The molecule has 0 aromatic heterocycles. The molecule has 1 heterocycles. The second kappa shape index (κ2) is 10.0. The van der Waals surface area contributed by atoms with Gasteiger partial charge in [-0.1, -0.05) is 39.2 Å². The number of hydrogen-bond acceptors (Lipinski definition) is 5. The second-order valence-electron chi connectivity index (χ2n) is 8.76. The molecule has 1 aliphatic carbocycles. The van der Waals surface area contributed by atoms with Crippen molar-refractivity contribution in [1.82, 2.24) is 15.5 Å². The van der Waals surface area contributed by atoms with Gasteiger partial charge in [-0.05, 0) is 42.9 Å². The molecule has 1 aromatic carbocycles. The SMILES string of the molecule is COc1cc(CNC(=O)CN2C(=O)NC3(CCCCC3)C2=O)ccc1OCCC(C)C. The van der Waals surface area contributed by atoms with Crippen LogP contribution in [0, 0.1) is 5.92 Å². The quantitative estimate of drug-likeness (QED) is 0.586. The van der Waals surface area contributed by atoms with Gasteiger partial charge in [0.05, 0.1) is 13.7 Å². The molecule has 8 nitrogen and oxygen atoms in total. The maximum atomic E-state index is 12.8. The number of hydrogen-bond donors (Lipinski definition) is 2. The van der Waals surface area contributed by atoms with E-state index in [9.17, 15) is 14.4 Å². The van der Waals surface area contributed by atoms with Gasteiger partial charge in [0.25, 0.3) is 5.91 Å². The molecule has 31 heavy (non-hydrogen) atoms. The highest BCUT2D eigenvalue weighted by atomic mass is 16.5. The number of benzene rings is 1. The van der Waals surface area contributed by atoms with Gasteiger partial charge in [-0.3, -0.25) is 14.5 Å². The van der Waals surface area contributed by atoms with Gasteiger partial charge >= 0.3 is 6.03 Å². The Balaban J connectivity index is 1.53. The minimum atomic E-state index is -0.811. The minimum Gasteiger partial charge on any atom is -0.493 e. The summed E-state index contributed by atoms with van der Waals surface area (Å²) in [6.45, 7) is 4.87. The van der Waals surface area contributed by atoms with E-state index < -0.39 is 11.6 Å². The first kappa shape index (κ1) is 22.9. The van der Waals surface area contributed by atoms with Crippen LogP contribution in [0.3, 0.4) is 0 Å². The maximum Gasteiger partial charge on any atom is 0.325 e. The first-order chi connectivity index (χ1) is 14.8. The summed E-state index contributed by atoms with van der Waals surface area (Å²) in [6.07, 6.45) is 5.11. The Hall–Kier alpha value is -2.77. The van der Waals surface area contributed by atoms with Gasteiger partial charge in [-0.15, -0.1) is 0 Å². The molecule has 1 spiro atoms. The average molecular weight is 432 g/mol. The van der Waals surface area contributed by atoms with Crippen LogP contribution in [0.1, 0.15) is 57.9 Å². The molecule has 4 amide bonds. The van der Waals surface area contributed by atoms with E-state index >= 15 is 0 Å². The second-order valence-corrected chi connectivity index (χ2v) is 8.76. The third kappa shape index (κ3) is 5.48. The fourth-order valence-corrected chi connectivity index (χ4v) is 4.06. The van der Waals surface area contributed by atoms with Crippen LogP contribution >= 0.6 is 0 Å². The highest BCUT2D eigenvalue weighted by Gasteiger charge is 2.51. The molecule has 2 aliphatic rings. The first-order valence-corrected chi connectivity index (χ1v) is 11.0. The van der Waals surface area contributed by atoms with Gasteiger partial charge in [0.1, 0.15) is 12.1 Å². The molecule has 8 heteroatoms. The molecular formula is C23H33N3O5. The zero-order valence-electron chi connectivity index (χ0n) is 18.7. The van der Waals surface area contributed by atoms with E-state index in [0.717, 1.165) is 36.1 Å². The molecule has 0 radical (unpaired) electrons. The Morgan fingerprint density at radius 1 is 1.19 bits per heavy atom. The van der Waals surface area contributed by atoms with Crippen LogP contribution in [0.4, 0.5) is 4.79 Å². The number of ether oxygens (including phenoxy) is 2. The summed E-state index contributed by atoms with van der Waals surface area (Å²) < 4.78 is 11.2. The first-order valence-electron chi connectivity index (χ1n) is 11.0. The molecule has 1 saturated carbocycles. The van der Waals surface area contributed by atoms with Gasteiger partial charge in [0.15, 0.2) is 11.5 Å². The lowest BCUT2D eigenvalue weighted by Gasteiger charge is -2.30. The van der Waals surface area contributed by atoms with Crippen molar-refractivity contribution in [2.45, 2.75) is 64.5 Å². The summed E-state index contributed by atoms with van der Waals surface area (Å²) in [5, 5.41) is 5.60. The van der Waals surface area contributed by atoms with Crippen LogP contribution in [0.5, 0.6) is 11.5 Å². The monoisotopic (exact) mass is 431 g/mol. The summed E-state index contributed by atoms with van der Waals surface area (Å²) in [5.41, 5.74) is 0.0244. The third-order valence-electron chi connectivity index (χ3n) is 5.93. The zero-order valence-corrected chi connectivity index (χ0v) is 18.7. The van der Waals surface area contributed by atoms with Crippen molar-refractivity contribution in [2.75, 3.05) is 20.3 Å². The molecule has 1 aliphatic heterocycles. The molecule has 0 unspecified atom stereocenters. The van der Waals surface area contributed by atoms with E-state index in [-0.39, 0.29) is 24.9 Å². The maximum absolute atomic E-state index is 12.8. The Labute approximate surface area is 183 Å². The van der Waals surface area contributed by atoms with Crippen molar-refractivity contribution >= 4 is 17.8 Å². The van der Waals surface area contributed by atoms with E-state index in [1.54, 1.807) is 7.11 Å². The molecular weight excluding hydrogens is 398 g/mol. The van der Waals surface area contributed by atoms with E-state index in [4.69, 9.17) is 9.47 Å². The van der Waals surface area contributed by atoms with Crippen molar-refractivity contribution in [3.8, 4) is 11.5 Å². The largest absolute Gasteiger partial charge is 0.493 e. The number of amides is 4. The summed E-state index contributed by atoms with van der Waals surface area (Å²) >= 11 is 0. The number of imide groups is 1. The molecule has 2 fully saturated rings. The molecule has 1 aromatic rings. The van der Waals surface area contributed by atoms with Crippen molar-refractivity contribution in [2.24, 2.45) is 5.92 Å². The van der Waals surface area contributed by atoms with E-state index in [2.05, 4.69) is 24.5 Å². The number of carbonyl (C=O) groups excluding carboxylic acids is 3. The van der Waals surface area contributed by atoms with Crippen LogP contribution in [-0.2, 0) is 16.1 Å². The van der Waals surface area contributed by atoms with Gasteiger partial charge in [-0.2, -0.15) is 0 Å². The van der Waals surface area contributed by atoms with Gasteiger partial charge < -0.3 is 20.1 Å². The standard InChI is InChI=1S/C23H33N3O5/c1-16(2)9-12-31-18-8-7-17(13-19(18)30-3)14-24-20(27)15-26-21(28)23(25-22(26)29)10-5-4-6-11-23/h7-8,13,16H,4-6,9-12,14-15H2,1-3H3,(H,24,27)(H,25,29). The van der Waals surface area contributed by atoms with Crippen LogP contribution in [0.2, 0.25) is 0 Å². The number of methoxy groups -OCH3 is 1. The topological polar surface area (TPSA) is 97.0 Å². The summed E-state index contributed by atoms with van der Waals surface area (Å²) in [6, 6.07) is 5.02. The number of nitrogens with zero attached hydrogens (tertiary/aromatic N) is 1. The Bertz CT molecular complexity index is 817. The normalized spacial score (nSPS) is 17.7. The summed E-state index contributed by atoms with van der Waals surface area (Å²) in [7, 11) is 1.58. The number of rotatable bonds is 9. The smallest absolute Gasteiger partial charge is 0.325 e. The van der Waals surface area contributed by atoms with Crippen molar-refractivity contribution < 1.29 is 23.9 Å². The fourth-order valence-electron chi connectivity index (χ4n) is 4.06. The van der Waals surface area contributed by atoms with E-state index in [0.29, 0.717) is 36.9 Å². The third-order valence-corrected chi connectivity index (χ3v) is 5.93. The van der Waals surface area contributed by atoms with E-state index in [1.807, 2.05) is 18.2 Å². The summed E-state index contributed by atoms with van der Waals surface area (Å²) in [5.74, 6) is 1.15. The van der Waals surface area contributed by atoms with Gasteiger partial charge in [0, 0.05) is 6.54 Å². The highest BCUT2D eigenvalue weighted by Crippen LogP contribution is 2.33. The Morgan fingerprint density at radius 3 is 2.61 bits per heavy atom. The van der Waals surface area contributed by atoms with Crippen LogP contribution < -0.4 is 20.1 Å².